The lowest BCUT2D eigenvalue weighted by Crippen LogP contribution is -2.39. The molecule has 150 valence electrons. The van der Waals surface area contributed by atoms with Gasteiger partial charge in [0.1, 0.15) is 12.4 Å². The second-order valence-electron chi connectivity index (χ2n) is 6.08. The lowest BCUT2D eigenvalue weighted by Gasteiger charge is -2.23. The molecule has 0 saturated carbocycles. The van der Waals surface area contributed by atoms with Crippen molar-refractivity contribution in [2.75, 3.05) is 27.3 Å². The van der Waals surface area contributed by atoms with Gasteiger partial charge in [-0.25, -0.2) is 4.99 Å². The molecule has 1 aromatic heterocycles. The summed E-state index contributed by atoms with van der Waals surface area (Å²) in [5, 5.41) is 12.4. The maximum Gasteiger partial charge on any atom is 0.194 e. The van der Waals surface area contributed by atoms with Crippen LogP contribution in [0.1, 0.15) is 23.6 Å². The van der Waals surface area contributed by atoms with Crippen LogP contribution in [0.4, 0.5) is 0 Å². The Kier molecular flexibility index (Phi) is 10.6. The minimum Gasteiger partial charge on any atom is -0.385 e. The van der Waals surface area contributed by atoms with Crippen LogP contribution >= 0.6 is 35.6 Å². The first-order valence-electron chi connectivity index (χ1n) is 8.59. The van der Waals surface area contributed by atoms with Gasteiger partial charge in [0.05, 0.1) is 0 Å². The van der Waals surface area contributed by atoms with Crippen molar-refractivity contribution in [3.05, 3.63) is 46.5 Å². The maximum absolute atomic E-state index is 6.29. The SMILES string of the molecule is COCCCNC(=NCc1nnc(C)n1C)N(C)Cc1ccccc1Cl.I. The summed E-state index contributed by atoms with van der Waals surface area (Å²) in [6.07, 6.45) is 0.901. The molecule has 0 atom stereocenters. The summed E-state index contributed by atoms with van der Waals surface area (Å²) < 4.78 is 7.06. The van der Waals surface area contributed by atoms with Crippen LogP contribution < -0.4 is 5.32 Å². The van der Waals surface area contributed by atoms with Crippen molar-refractivity contribution >= 4 is 41.5 Å². The number of ether oxygens (including phenoxy) is 1. The molecule has 0 spiro atoms. The van der Waals surface area contributed by atoms with Crippen molar-refractivity contribution < 1.29 is 4.74 Å². The molecule has 0 aliphatic carbocycles. The summed E-state index contributed by atoms with van der Waals surface area (Å²) in [4.78, 5) is 6.77. The van der Waals surface area contributed by atoms with Crippen LogP contribution in [-0.4, -0.2) is 52.9 Å². The van der Waals surface area contributed by atoms with Gasteiger partial charge in [0.2, 0.25) is 0 Å². The number of benzene rings is 1. The molecule has 0 bridgehead atoms. The van der Waals surface area contributed by atoms with Crippen molar-refractivity contribution in [3.63, 3.8) is 0 Å². The molecule has 7 nitrogen and oxygen atoms in total. The molecule has 2 rings (SSSR count). The molecule has 1 heterocycles. The highest BCUT2D eigenvalue weighted by molar-refractivity contribution is 14.0. The van der Waals surface area contributed by atoms with Gasteiger partial charge in [-0.05, 0) is 25.0 Å². The molecule has 0 aliphatic rings. The number of aromatic nitrogens is 3. The molecule has 27 heavy (non-hydrogen) atoms. The monoisotopic (exact) mass is 506 g/mol. The standard InChI is InChI=1S/C18H27ClN6O.HI/c1-14-22-23-17(25(14)3)12-21-18(20-10-7-11-26-4)24(2)13-15-8-5-6-9-16(15)19;/h5-6,8-9H,7,10-13H2,1-4H3,(H,20,21);1H. The van der Waals surface area contributed by atoms with Crippen molar-refractivity contribution in [3.8, 4) is 0 Å². The normalized spacial score (nSPS) is 11.2. The molecule has 2 aromatic rings. The van der Waals surface area contributed by atoms with Gasteiger partial charge in [0.15, 0.2) is 11.8 Å². The smallest absolute Gasteiger partial charge is 0.194 e. The van der Waals surface area contributed by atoms with Crippen LogP contribution in [0.5, 0.6) is 0 Å². The molecule has 0 radical (unpaired) electrons. The number of aliphatic imine (C=N–C) groups is 1. The van der Waals surface area contributed by atoms with E-state index in [-0.39, 0.29) is 24.0 Å². The van der Waals surface area contributed by atoms with E-state index >= 15 is 0 Å². The first-order valence-corrected chi connectivity index (χ1v) is 8.97. The van der Waals surface area contributed by atoms with Gasteiger partial charge in [-0.1, -0.05) is 29.8 Å². The van der Waals surface area contributed by atoms with Gasteiger partial charge in [0.25, 0.3) is 0 Å². The van der Waals surface area contributed by atoms with E-state index in [0.29, 0.717) is 19.7 Å². The Morgan fingerprint density at radius 2 is 2.07 bits per heavy atom. The molecule has 0 aliphatic heterocycles. The fourth-order valence-corrected chi connectivity index (χ4v) is 2.62. The molecule has 1 aromatic carbocycles. The highest BCUT2D eigenvalue weighted by Crippen LogP contribution is 2.16. The van der Waals surface area contributed by atoms with E-state index in [0.717, 1.165) is 41.2 Å². The molecular formula is C18H28ClIN6O. The Bertz CT molecular complexity index is 736. The highest BCUT2D eigenvalue weighted by atomic mass is 127. The average Bonchev–Trinajstić information content (AvgIpc) is 2.95. The largest absolute Gasteiger partial charge is 0.385 e. The molecule has 1 N–H and O–H groups in total. The summed E-state index contributed by atoms with van der Waals surface area (Å²) in [7, 11) is 5.64. The van der Waals surface area contributed by atoms with E-state index in [1.165, 1.54) is 0 Å². The number of guanidine groups is 1. The summed E-state index contributed by atoms with van der Waals surface area (Å²) in [6.45, 7) is 4.52. The van der Waals surface area contributed by atoms with E-state index < -0.39 is 0 Å². The van der Waals surface area contributed by atoms with Gasteiger partial charge in [-0.2, -0.15) is 0 Å². The van der Waals surface area contributed by atoms with Gasteiger partial charge in [-0.3, -0.25) is 0 Å². The zero-order valence-electron chi connectivity index (χ0n) is 16.3. The Labute approximate surface area is 183 Å². The van der Waals surface area contributed by atoms with Crippen molar-refractivity contribution in [2.24, 2.45) is 12.0 Å². The Morgan fingerprint density at radius 3 is 2.70 bits per heavy atom. The van der Waals surface area contributed by atoms with Crippen molar-refractivity contribution in [1.82, 2.24) is 25.0 Å². The Balaban J connectivity index is 0.00000364. The minimum atomic E-state index is 0. The lowest BCUT2D eigenvalue weighted by atomic mass is 10.2. The molecule has 0 unspecified atom stereocenters. The first-order chi connectivity index (χ1) is 12.5. The highest BCUT2D eigenvalue weighted by Gasteiger charge is 2.11. The summed E-state index contributed by atoms with van der Waals surface area (Å²) >= 11 is 6.29. The van der Waals surface area contributed by atoms with E-state index in [9.17, 15) is 0 Å². The van der Waals surface area contributed by atoms with E-state index in [4.69, 9.17) is 21.3 Å². The molecule has 0 saturated heterocycles. The van der Waals surface area contributed by atoms with Gasteiger partial charge in [0, 0.05) is 45.9 Å². The zero-order valence-corrected chi connectivity index (χ0v) is 19.4. The Hall–Kier alpha value is -1.39. The van der Waals surface area contributed by atoms with Crippen LogP contribution in [0.2, 0.25) is 5.02 Å². The second-order valence-corrected chi connectivity index (χ2v) is 6.49. The van der Waals surface area contributed by atoms with Crippen LogP contribution in [0.25, 0.3) is 0 Å². The van der Waals surface area contributed by atoms with Crippen LogP contribution in [-0.2, 0) is 24.9 Å². The zero-order chi connectivity index (χ0) is 18.9. The number of nitrogens with zero attached hydrogens (tertiary/aromatic N) is 5. The van der Waals surface area contributed by atoms with Crippen LogP contribution in [0.15, 0.2) is 29.3 Å². The number of hydrogen-bond donors (Lipinski definition) is 1. The first kappa shape index (κ1) is 23.6. The lowest BCUT2D eigenvalue weighted by molar-refractivity contribution is 0.195. The van der Waals surface area contributed by atoms with E-state index in [1.54, 1.807) is 7.11 Å². The van der Waals surface area contributed by atoms with Gasteiger partial charge in [-0.15, -0.1) is 34.2 Å². The predicted octanol–water partition coefficient (Wildman–Crippen LogP) is 3.01. The minimum absolute atomic E-state index is 0. The molecule has 0 fully saturated rings. The number of hydrogen-bond acceptors (Lipinski definition) is 4. The Morgan fingerprint density at radius 1 is 1.33 bits per heavy atom. The predicted molar refractivity (Wildman–Crippen MR) is 120 cm³/mol. The van der Waals surface area contributed by atoms with E-state index in [1.807, 2.05) is 49.9 Å². The third-order valence-electron chi connectivity index (χ3n) is 4.09. The third-order valence-corrected chi connectivity index (χ3v) is 4.46. The molecule has 0 amide bonds. The fraction of sp³-hybridized carbons (Fsp3) is 0.500. The third kappa shape index (κ3) is 7.27. The molecular weight excluding hydrogens is 479 g/mol. The number of aryl methyl sites for hydroxylation is 1. The van der Waals surface area contributed by atoms with E-state index in [2.05, 4.69) is 20.4 Å². The van der Waals surface area contributed by atoms with Crippen LogP contribution in [0, 0.1) is 6.92 Å². The van der Waals surface area contributed by atoms with Crippen molar-refractivity contribution in [1.29, 1.82) is 0 Å². The van der Waals surface area contributed by atoms with Gasteiger partial charge >= 0.3 is 0 Å². The average molecular weight is 507 g/mol. The summed E-state index contributed by atoms with van der Waals surface area (Å²) in [5.41, 5.74) is 1.05. The number of nitrogens with one attached hydrogen (secondary N) is 1. The number of methoxy groups -OCH3 is 1. The topological polar surface area (TPSA) is 67.6 Å². The second kappa shape index (κ2) is 12.1. The number of halogens is 2. The maximum atomic E-state index is 6.29. The summed E-state index contributed by atoms with van der Waals surface area (Å²) in [6, 6.07) is 7.84. The van der Waals surface area contributed by atoms with Crippen LogP contribution in [0.3, 0.4) is 0 Å². The molecule has 9 heteroatoms. The number of rotatable bonds is 8. The van der Waals surface area contributed by atoms with Gasteiger partial charge < -0.3 is 19.5 Å². The fourth-order valence-electron chi connectivity index (χ4n) is 2.42. The van der Waals surface area contributed by atoms with Crippen molar-refractivity contribution in [2.45, 2.75) is 26.4 Å². The summed E-state index contributed by atoms with van der Waals surface area (Å²) in [5.74, 6) is 2.49. The quantitative estimate of drug-likeness (QED) is 0.258.